The van der Waals surface area contributed by atoms with Gasteiger partial charge in [-0.05, 0) is 48.7 Å². The molecule has 2 aromatic carbocycles. The number of carbonyl (C=O) groups is 1. The maximum atomic E-state index is 11.3. The van der Waals surface area contributed by atoms with Crippen molar-refractivity contribution < 1.29 is 19.0 Å². The molecule has 23 heavy (non-hydrogen) atoms. The largest absolute Gasteiger partial charge is 0.513 e. The number of hydrogen-bond donors (Lipinski definition) is 0. The molecular weight excluding hydrogens is 316 g/mol. The van der Waals surface area contributed by atoms with Gasteiger partial charge in [0.1, 0.15) is 18.1 Å². The van der Waals surface area contributed by atoms with Gasteiger partial charge in [0, 0.05) is 0 Å². The lowest BCUT2D eigenvalue weighted by Crippen LogP contribution is -2.10. The first-order chi connectivity index (χ1) is 11.0. The topological polar surface area (TPSA) is 44.8 Å². The molecule has 2 aromatic rings. The monoisotopic (exact) mass is 334 g/mol. The standard InChI is InChI=1S/C18H19ClO4/c1-4-13-8-9-14(10-12(13)2)22-11-15-16(19)6-5-7-17(15)23-18(20)21-3/h5-10H,4,11H2,1-3H3. The van der Waals surface area contributed by atoms with Crippen molar-refractivity contribution in [2.24, 2.45) is 0 Å². The van der Waals surface area contributed by atoms with Gasteiger partial charge in [-0.1, -0.05) is 30.7 Å². The van der Waals surface area contributed by atoms with Crippen molar-refractivity contribution in [3.63, 3.8) is 0 Å². The van der Waals surface area contributed by atoms with Crippen LogP contribution in [0.3, 0.4) is 0 Å². The highest BCUT2D eigenvalue weighted by Crippen LogP contribution is 2.28. The molecule has 0 radical (unpaired) electrons. The first-order valence-corrected chi connectivity index (χ1v) is 7.68. The van der Waals surface area contributed by atoms with E-state index in [9.17, 15) is 4.79 Å². The van der Waals surface area contributed by atoms with Crippen molar-refractivity contribution >= 4 is 17.8 Å². The maximum Gasteiger partial charge on any atom is 0.513 e. The van der Waals surface area contributed by atoms with E-state index in [0.717, 1.165) is 12.2 Å². The second kappa shape index (κ2) is 7.88. The number of aryl methyl sites for hydroxylation is 2. The molecule has 0 bridgehead atoms. The first kappa shape index (κ1) is 17.2. The third kappa shape index (κ3) is 4.39. The summed E-state index contributed by atoms with van der Waals surface area (Å²) in [6, 6.07) is 11.0. The molecule has 2 rings (SSSR count). The van der Waals surface area contributed by atoms with E-state index in [-0.39, 0.29) is 6.61 Å². The molecule has 0 aromatic heterocycles. The molecule has 122 valence electrons. The van der Waals surface area contributed by atoms with Crippen molar-refractivity contribution in [2.75, 3.05) is 7.11 Å². The average molecular weight is 335 g/mol. The van der Waals surface area contributed by atoms with Gasteiger partial charge in [0.15, 0.2) is 0 Å². The summed E-state index contributed by atoms with van der Waals surface area (Å²) in [6.45, 7) is 4.35. The molecule has 0 saturated carbocycles. The third-order valence-electron chi connectivity index (χ3n) is 3.51. The van der Waals surface area contributed by atoms with Crippen molar-refractivity contribution in [3.05, 3.63) is 58.1 Å². The zero-order valence-corrected chi connectivity index (χ0v) is 14.1. The Hall–Kier alpha value is -2.20. The molecule has 0 aliphatic heterocycles. The van der Waals surface area contributed by atoms with Crippen LogP contribution in [0, 0.1) is 6.92 Å². The summed E-state index contributed by atoms with van der Waals surface area (Å²) >= 11 is 6.19. The van der Waals surface area contributed by atoms with Crippen molar-refractivity contribution in [1.29, 1.82) is 0 Å². The summed E-state index contributed by atoms with van der Waals surface area (Å²) in [6.07, 6.45) is 0.185. The van der Waals surface area contributed by atoms with Gasteiger partial charge in [-0.2, -0.15) is 0 Å². The number of carbonyl (C=O) groups excluding carboxylic acids is 1. The summed E-state index contributed by atoms with van der Waals surface area (Å²) in [7, 11) is 1.25. The molecule has 0 saturated heterocycles. The van der Waals surface area contributed by atoms with Crippen LogP contribution in [0.5, 0.6) is 11.5 Å². The van der Waals surface area contributed by atoms with E-state index in [0.29, 0.717) is 16.3 Å². The van der Waals surface area contributed by atoms with Gasteiger partial charge in [-0.15, -0.1) is 0 Å². The van der Waals surface area contributed by atoms with Crippen LogP contribution in [-0.4, -0.2) is 13.3 Å². The minimum atomic E-state index is -0.795. The van der Waals surface area contributed by atoms with Gasteiger partial charge in [0.05, 0.1) is 17.7 Å². The maximum absolute atomic E-state index is 11.3. The van der Waals surface area contributed by atoms with Gasteiger partial charge in [-0.3, -0.25) is 0 Å². The van der Waals surface area contributed by atoms with Crippen LogP contribution >= 0.6 is 11.6 Å². The average Bonchev–Trinajstić information content (AvgIpc) is 2.54. The molecule has 0 aliphatic carbocycles. The second-order valence-electron chi connectivity index (χ2n) is 5.00. The van der Waals surface area contributed by atoms with Crippen LogP contribution in [0.25, 0.3) is 0 Å². The molecule has 0 unspecified atom stereocenters. The van der Waals surface area contributed by atoms with Crippen molar-refractivity contribution in [3.8, 4) is 11.5 Å². The Morgan fingerprint density at radius 3 is 2.65 bits per heavy atom. The molecule has 5 heteroatoms. The Labute approximate surface area is 140 Å². The predicted molar refractivity (Wildman–Crippen MR) is 89.4 cm³/mol. The third-order valence-corrected chi connectivity index (χ3v) is 3.87. The Balaban J connectivity index is 2.16. The fourth-order valence-electron chi connectivity index (χ4n) is 2.22. The van der Waals surface area contributed by atoms with E-state index in [4.69, 9.17) is 21.1 Å². The normalized spacial score (nSPS) is 10.3. The van der Waals surface area contributed by atoms with Gasteiger partial charge in [0.2, 0.25) is 0 Å². The number of benzene rings is 2. The summed E-state index contributed by atoms with van der Waals surface area (Å²) < 4.78 is 15.4. The molecular formula is C18H19ClO4. The van der Waals surface area contributed by atoms with Crippen LogP contribution in [0.15, 0.2) is 36.4 Å². The summed E-state index contributed by atoms with van der Waals surface area (Å²) in [5.41, 5.74) is 3.05. The quantitative estimate of drug-likeness (QED) is 0.574. The predicted octanol–water partition coefficient (Wildman–Crippen LogP) is 4.94. The lowest BCUT2D eigenvalue weighted by atomic mass is 10.1. The van der Waals surface area contributed by atoms with Crippen LogP contribution < -0.4 is 9.47 Å². The molecule has 0 aliphatic rings. The highest BCUT2D eigenvalue weighted by molar-refractivity contribution is 6.31. The smallest absolute Gasteiger partial charge is 0.489 e. The number of ether oxygens (including phenoxy) is 3. The zero-order valence-electron chi connectivity index (χ0n) is 13.4. The van der Waals surface area contributed by atoms with Crippen LogP contribution in [0.4, 0.5) is 4.79 Å². The van der Waals surface area contributed by atoms with E-state index in [1.54, 1.807) is 18.2 Å². The Morgan fingerprint density at radius 1 is 1.22 bits per heavy atom. The number of hydrogen-bond acceptors (Lipinski definition) is 4. The number of halogens is 1. The van der Waals surface area contributed by atoms with Crippen molar-refractivity contribution in [1.82, 2.24) is 0 Å². The number of methoxy groups -OCH3 is 1. The minimum Gasteiger partial charge on any atom is -0.489 e. The summed E-state index contributed by atoms with van der Waals surface area (Å²) in [5, 5.41) is 0.466. The lowest BCUT2D eigenvalue weighted by Gasteiger charge is -2.13. The van der Waals surface area contributed by atoms with E-state index in [1.165, 1.54) is 18.2 Å². The van der Waals surface area contributed by atoms with Crippen LogP contribution in [0.2, 0.25) is 5.02 Å². The molecule has 0 amide bonds. The second-order valence-corrected chi connectivity index (χ2v) is 5.41. The Kier molecular flexibility index (Phi) is 5.88. The minimum absolute atomic E-state index is 0.191. The highest BCUT2D eigenvalue weighted by atomic mass is 35.5. The fourth-order valence-corrected chi connectivity index (χ4v) is 2.44. The molecule has 0 heterocycles. The molecule has 4 nitrogen and oxygen atoms in total. The first-order valence-electron chi connectivity index (χ1n) is 7.30. The van der Waals surface area contributed by atoms with Gasteiger partial charge < -0.3 is 14.2 Å². The molecule has 0 spiro atoms. The van der Waals surface area contributed by atoms with E-state index >= 15 is 0 Å². The lowest BCUT2D eigenvalue weighted by molar-refractivity contribution is 0.120. The fraction of sp³-hybridized carbons (Fsp3) is 0.278. The summed E-state index contributed by atoms with van der Waals surface area (Å²) in [4.78, 5) is 11.3. The van der Waals surface area contributed by atoms with Gasteiger partial charge in [-0.25, -0.2) is 4.79 Å². The molecule has 0 atom stereocenters. The van der Waals surface area contributed by atoms with Crippen molar-refractivity contribution in [2.45, 2.75) is 26.9 Å². The zero-order chi connectivity index (χ0) is 16.8. The van der Waals surface area contributed by atoms with E-state index in [2.05, 4.69) is 11.7 Å². The van der Waals surface area contributed by atoms with E-state index < -0.39 is 6.16 Å². The SMILES string of the molecule is CCc1ccc(OCc2c(Cl)cccc2OC(=O)OC)cc1C. The molecule has 0 fully saturated rings. The van der Waals surface area contributed by atoms with E-state index in [1.807, 2.05) is 25.1 Å². The Bertz CT molecular complexity index is 697. The Morgan fingerprint density at radius 2 is 2.00 bits per heavy atom. The van der Waals surface area contributed by atoms with Crippen LogP contribution in [-0.2, 0) is 17.8 Å². The van der Waals surface area contributed by atoms with Gasteiger partial charge in [0.25, 0.3) is 0 Å². The highest BCUT2D eigenvalue weighted by Gasteiger charge is 2.13. The summed E-state index contributed by atoms with van der Waals surface area (Å²) in [5.74, 6) is 1.06. The van der Waals surface area contributed by atoms with Crippen LogP contribution in [0.1, 0.15) is 23.6 Å². The number of rotatable bonds is 5. The molecule has 0 N–H and O–H groups in total. The van der Waals surface area contributed by atoms with Gasteiger partial charge >= 0.3 is 6.16 Å².